The number of amides is 3. The maximum atomic E-state index is 13.0. The monoisotopic (exact) mass is 347 g/mol. The highest BCUT2D eigenvalue weighted by Gasteiger charge is 2.55. The van der Waals surface area contributed by atoms with Crippen LogP contribution >= 0.6 is 0 Å². The molecule has 0 radical (unpaired) electrons. The molecule has 3 rings (SSSR count). The minimum absolute atomic E-state index is 0.0954. The lowest BCUT2D eigenvalue weighted by atomic mass is 9.89. The Morgan fingerprint density at radius 2 is 1.92 bits per heavy atom. The highest BCUT2D eigenvalue weighted by atomic mass is 16.2. The standard InChI is InChI=1S/C17H27N6O2/c1-8-21-14(24)12-13(20(7)16(21)25)18-15-22(12)9-11(17(4,5)6)19-23(15)10(2)3/h10,12H,8-9H2,1-7H3/q+1. The summed E-state index contributed by atoms with van der Waals surface area (Å²) < 4.78 is 1.98. The summed E-state index contributed by atoms with van der Waals surface area (Å²) in [4.78, 5) is 32.8. The summed E-state index contributed by atoms with van der Waals surface area (Å²) >= 11 is 0. The molecule has 0 aromatic carbocycles. The molecule has 3 amide bonds. The van der Waals surface area contributed by atoms with Crippen molar-refractivity contribution < 1.29 is 14.2 Å². The summed E-state index contributed by atoms with van der Waals surface area (Å²) in [5, 5.41) is 6.66. The van der Waals surface area contributed by atoms with Crippen molar-refractivity contribution in [2.75, 3.05) is 20.1 Å². The number of guanidine groups is 1. The third-order valence-electron chi connectivity index (χ3n) is 4.81. The Balaban J connectivity index is 2.09. The second-order valence-electron chi connectivity index (χ2n) is 7.96. The van der Waals surface area contributed by atoms with E-state index in [1.807, 2.05) is 30.4 Å². The minimum Gasteiger partial charge on any atom is -0.270 e. The molecule has 25 heavy (non-hydrogen) atoms. The Morgan fingerprint density at radius 3 is 2.44 bits per heavy atom. The minimum atomic E-state index is -0.563. The summed E-state index contributed by atoms with van der Waals surface area (Å²) in [6, 6.07) is -0.791. The topological polar surface area (TPSA) is 71.6 Å². The van der Waals surface area contributed by atoms with Crippen molar-refractivity contribution in [2.45, 2.75) is 53.6 Å². The van der Waals surface area contributed by atoms with Gasteiger partial charge in [-0.2, -0.15) is 0 Å². The van der Waals surface area contributed by atoms with Crippen LogP contribution in [0.3, 0.4) is 0 Å². The van der Waals surface area contributed by atoms with Gasteiger partial charge in [-0.05, 0) is 20.8 Å². The number of fused-ring (bicyclic) bond motifs is 2. The molecule has 136 valence electrons. The van der Waals surface area contributed by atoms with Gasteiger partial charge in [-0.15, -0.1) is 10.1 Å². The molecule has 0 aromatic rings. The molecule has 8 nitrogen and oxygen atoms in total. The molecule has 0 N–H and O–H groups in total. The molecular formula is C17H27N6O2+. The van der Waals surface area contributed by atoms with E-state index in [1.165, 1.54) is 9.80 Å². The van der Waals surface area contributed by atoms with Gasteiger partial charge in [0.2, 0.25) is 11.9 Å². The summed E-state index contributed by atoms with van der Waals surface area (Å²) in [6.45, 7) is 13.1. The van der Waals surface area contributed by atoms with E-state index < -0.39 is 6.04 Å². The number of rotatable bonds is 2. The Bertz CT molecular complexity index is 728. The number of aliphatic imine (C=N–C) groups is 1. The van der Waals surface area contributed by atoms with Crippen molar-refractivity contribution in [1.29, 1.82) is 0 Å². The molecule has 1 atom stereocenters. The average molecular weight is 347 g/mol. The van der Waals surface area contributed by atoms with Gasteiger partial charge in [0.15, 0.2) is 0 Å². The Morgan fingerprint density at radius 1 is 1.28 bits per heavy atom. The van der Waals surface area contributed by atoms with Gasteiger partial charge in [0.05, 0.1) is 11.8 Å². The maximum absolute atomic E-state index is 13.0. The van der Waals surface area contributed by atoms with Crippen molar-refractivity contribution in [3.05, 3.63) is 0 Å². The normalized spacial score (nSPS) is 24.0. The van der Waals surface area contributed by atoms with Crippen molar-refractivity contribution in [1.82, 2.24) is 14.8 Å². The highest BCUT2D eigenvalue weighted by molar-refractivity contribution is 6.23. The van der Waals surface area contributed by atoms with E-state index >= 15 is 0 Å². The number of urea groups is 1. The molecule has 0 aromatic heterocycles. The number of carbonyl (C=O) groups excluding carboxylic acids is 2. The van der Waals surface area contributed by atoms with E-state index in [-0.39, 0.29) is 23.4 Å². The van der Waals surface area contributed by atoms with Gasteiger partial charge in [0.1, 0.15) is 6.54 Å². The smallest absolute Gasteiger partial charge is 0.270 e. The Labute approximate surface area is 148 Å². The highest BCUT2D eigenvalue weighted by Crippen LogP contribution is 2.27. The molecule has 1 saturated heterocycles. The van der Waals surface area contributed by atoms with Crippen LogP contribution in [0.2, 0.25) is 0 Å². The van der Waals surface area contributed by atoms with Gasteiger partial charge in [0, 0.05) is 19.0 Å². The van der Waals surface area contributed by atoms with Crippen LogP contribution in [-0.2, 0) is 4.79 Å². The first-order valence-corrected chi connectivity index (χ1v) is 8.76. The third-order valence-corrected chi connectivity index (χ3v) is 4.81. The van der Waals surface area contributed by atoms with E-state index in [2.05, 4.69) is 25.8 Å². The molecule has 1 unspecified atom stereocenters. The van der Waals surface area contributed by atoms with Gasteiger partial charge in [-0.1, -0.05) is 25.8 Å². The first-order valence-electron chi connectivity index (χ1n) is 8.76. The quantitative estimate of drug-likeness (QED) is 0.704. The Kier molecular flexibility index (Phi) is 3.96. The number of likely N-dealkylation sites (N-methyl/N-ethyl adjacent to an activating group) is 2. The number of carbonyl (C=O) groups is 2. The zero-order valence-corrected chi connectivity index (χ0v) is 16.1. The molecule has 8 heteroatoms. The SMILES string of the molecule is CCN1C(=O)C2C(=NC3=[N+]2CC(C(C)(C)C)=NN3C(C)C)N(C)C1=O. The second kappa shape index (κ2) is 5.64. The molecule has 1 fully saturated rings. The van der Waals surface area contributed by atoms with E-state index in [1.54, 1.807) is 7.05 Å². The van der Waals surface area contributed by atoms with Crippen LogP contribution in [0.5, 0.6) is 0 Å². The third kappa shape index (κ3) is 2.54. The fraction of sp³-hybridized carbons (Fsp3) is 0.706. The van der Waals surface area contributed by atoms with Crippen LogP contribution in [0.4, 0.5) is 4.79 Å². The van der Waals surface area contributed by atoms with Gasteiger partial charge in [0.25, 0.3) is 5.91 Å². The number of nitrogens with zero attached hydrogens (tertiary/aromatic N) is 6. The first-order chi connectivity index (χ1) is 11.6. The van der Waals surface area contributed by atoms with E-state index in [9.17, 15) is 9.59 Å². The zero-order valence-electron chi connectivity index (χ0n) is 16.1. The molecule has 3 heterocycles. The van der Waals surface area contributed by atoms with Crippen molar-refractivity contribution in [3.8, 4) is 0 Å². The molecule has 3 aliphatic heterocycles. The first kappa shape index (κ1) is 17.6. The Hall–Kier alpha value is -2.25. The number of hydrogen-bond acceptors (Lipinski definition) is 5. The van der Waals surface area contributed by atoms with Crippen LogP contribution in [-0.4, -0.2) is 81.1 Å². The number of imide groups is 1. The fourth-order valence-corrected chi connectivity index (χ4v) is 3.24. The predicted octanol–water partition coefficient (Wildman–Crippen LogP) is 1.18. The molecule has 0 bridgehead atoms. The van der Waals surface area contributed by atoms with Crippen molar-refractivity contribution >= 4 is 29.4 Å². The van der Waals surface area contributed by atoms with E-state index in [0.717, 1.165) is 5.71 Å². The number of amidine groups is 1. The number of hydrazone groups is 1. The van der Waals surface area contributed by atoms with Crippen molar-refractivity contribution in [2.24, 2.45) is 15.5 Å². The lowest BCUT2D eigenvalue weighted by molar-refractivity contribution is -0.528. The van der Waals surface area contributed by atoms with Crippen LogP contribution in [0.25, 0.3) is 0 Å². The molecule has 0 saturated carbocycles. The molecule has 0 spiro atoms. The van der Waals surface area contributed by atoms with Gasteiger partial charge >= 0.3 is 12.0 Å². The van der Waals surface area contributed by atoms with Crippen LogP contribution in [0, 0.1) is 5.41 Å². The molecular weight excluding hydrogens is 320 g/mol. The molecule has 0 aliphatic carbocycles. The van der Waals surface area contributed by atoms with Gasteiger partial charge in [-0.3, -0.25) is 14.6 Å². The van der Waals surface area contributed by atoms with Crippen LogP contribution in [0.15, 0.2) is 10.1 Å². The maximum Gasteiger partial charge on any atom is 0.416 e. The summed E-state index contributed by atoms with van der Waals surface area (Å²) in [6.07, 6.45) is 0. The molecule has 3 aliphatic rings. The van der Waals surface area contributed by atoms with E-state index in [0.29, 0.717) is 24.9 Å². The van der Waals surface area contributed by atoms with Crippen LogP contribution in [0.1, 0.15) is 41.5 Å². The zero-order chi connectivity index (χ0) is 18.7. The van der Waals surface area contributed by atoms with Gasteiger partial charge < -0.3 is 0 Å². The lowest BCUT2D eigenvalue weighted by Crippen LogP contribution is -2.63. The van der Waals surface area contributed by atoms with Crippen molar-refractivity contribution in [3.63, 3.8) is 0 Å². The number of hydrogen-bond donors (Lipinski definition) is 0. The lowest BCUT2D eigenvalue weighted by Gasteiger charge is -2.35. The summed E-state index contributed by atoms with van der Waals surface area (Å²) in [5.41, 5.74) is 0.877. The van der Waals surface area contributed by atoms with E-state index in [4.69, 9.17) is 5.10 Å². The average Bonchev–Trinajstić information content (AvgIpc) is 2.91. The van der Waals surface area contributed by atoms with Crippen LogP contribution < -0.4 is 0 Å². The predicted molar refractivity (Wildman–Crippen MR) is 95.8 cm³/mol. The summed E-state index contributed by atoms with van der Waals surface area (Å²) in [7, 11) is 1.67. The summed E-state index contributed by atoms with van der Waals surface area (Å²) in [5.74, 6) is 0.929. The fourth-order valence-electron chi connectivity index (χ4n) is 3.24. The largest absolute Gasteiger partial charge is 0.416 e. The second-order valence-corrected chi connectivity index (χ2v) is 7.96. The van der Waals surface area contributed by atoms with Gasteiger partial charge in [-0.25, -0.2) is 9.37 Å².